The van der Waals surface area contributed by atoms with E-state index in [0.717, 1.165) is 24.0 Å². The zero-order valence-electron chi connectivity index (χ0n) is 16.1. The van der Waals surface area contributed by atoms with Gasteiger partial charge in [-0.3, -0.25) is 0 Å². The number of aromatic nitrogens is 4. The van der Waals surface area contributed by atoms with Crippen LogP contribution >= 0.6 is 0 Å². The zero-order valence-corrected chi connectivity index (χ0v) is 16.1. The number of fused-ring (bicyclic) bond motifs is 1. The van der Waals surface area contributed by atoms with Crippen LogP contribution in [0.3, 0.4) is 0 Å². The quantitative estimate of drug-likeness (QED) is 0.728. The molecule has 1 aromatic heterocycles. The van der Waals surface area contributed by atoms with Crippen LogP contribution in [0.5, 0.6) is 0 Å². The van der Waals surface area contributed by atoms with Crippen LogP contribution in [0.25, 0.3) is 11.4 Å². The number of amides is 2. The molecule has 3 aromatic rings. The Morgan fingerprint density at radius 1 is 1.11 bits per heavy atom. The molecule has 2 aromatic carbocycles. The molecule has 1 aliphatic rings. The predicted octanol–water partition coefficient (Wildman–Crippen LogP) is 3.64. The van der Waals surface area contributed by atoms with Crippen LogP contribution in [-0.2, 0) is 19.9 Å². The highest BCUT2D eigenvalue weighted by Gasteiger charge is 2.14. The van der Waals surface area contributed by atoms with Crippen molar-refractivity contribution in [3.63, 3.8) is 0 Å². The minimum absolute atomic E-state index is 0.0710. The van der Waals surface area contributed by atoms with Gasteiger partial charge in [-0.15, -0.1) is 5.10 Å². The number of benzene rings is 2. The molecule has 28 heavy (non-hydrogen) atoms. The Morgan fingerprint density at radius 2 is 1.93 bits per heavy atom. The predicted molar refractivity (Wildman–Crippen MR) is 108 cm³/mol. The van der Waals surface area contributed by atoms with Crippen molar-refractivity contribution < 1.29 is 4.79 Å². The molecule has 2 amide bonds. The highest BCUT2D eigenvalue weighted by Crippen LogP contribution is 2.25. The molecule has 2 N–H and O–H groups in total. The number of anilines is 1. The van der Waals surface area contributed by atoms with E-state index < -0.39 is 0 Å². The van der Waals surface area contributed by atoms with E-state index in [2.05, 4.69) is 44.4 Å². The molecule has 0 radical (unpaired) electrons. The fourth-order valence-corrected chi connectivity index (χ4v) is 3.68. The average molecular weight is 376 g/mol. The minimum Gasteiger partial charge on any atom is -0.331 e. The summed E-state index contributed by atoms with van der Waals surface area (Å²) in [6, 6.07) is 13.7. The molecule has 7 heteroatoms. The summed E-state index contributed by atoms with van der Waals surface area (Å²) >= 11 is 0. The first kappa shape index (κ1) is 18.2. The third kappa shape index (κ3) is 3.88. The molecule has 0 saturated heterocycles. The van der Waals surface area contributed by atoms with Crippen molar-refractivity contribution >= 4 is 11.7 Å². The van der Waals surface area contributed by atoms with Gasteiger partial charge in [0.15, 0.2) is 5.82 Å². The topological polar surface area (TPSA) is 84.7 Å². The molecule has 144 valence electrons. The van der Waals surface area contributed by atoms with Gasteiger partial charge in [-0.1, -0.05) is 30.3 Å². The van der Waals surface area contributed by atoms with Gasteiger partial charge in [0, 0.05) is 18.3 Å². The Morgan fingerprint density at radius 3 is 2.71 bits per heavy atom. The lowest BCUT2D eigenvalue weighted by Crippen LogP contribution is -2.31. The Labute approximate surface area is 164 Å². The molecule has 0 spiro atoms. The van der Waals surface area contributed by atoms with Gasteiger partial charge in [0.05, 0.1) is 6.04 Å². The summed E-state index contributed by atoms with van der Waals surface area (Å²) in [6.45, 7) is 2.01. The second kappa shape index (κ2) is 7.80. The zero-order chi connectivity index (χ0) is 19.5. The molecule has 7 nitrogen and oxygen atoms in total. The van der Waals surface area contributed by atoms with E-state index in [1.54, 1.807) is 11.7 Å². The minimum atomic E-state index is -0.238. The number of carbonyl (C=O) groups is 1. The van der Waals surface area contributed by atoms with Crippen molar-refractivity contribution in [2.75, 3.05) is 5.32 Å². The van der Waals surface area contributed by atoms with Crippen molar-refractivity contribution in [1.29, 1.82) is 0 Å². The second-order valence-corrected chi connectivity index (χ2v) is 7.26. The lowest BCUT2D eigenvalue weighted by Gasteiger charge is -2.20. The lowest BCUT2D eigenvalue weighted by atomic mass is 9.89. The van der Waals surface area contributed by atoms with Gasteiger partial charge in [0.1, 0.15) is 0 Å². The summed E-state index contributed by atoms with van der Waals surface area (Å²) in [6.07, 6.45) is 4.81. The van der Waals surface area contributed by atoms with E-state index in [-0.39, 0.29) is 12.1 Å². The Kier molecular flexibility index (Phi) is 5.06. The van der Waals surface area contributed by atoms with Crippen molar-refractivity contribution in [3.05, 3.63) is 59.2 Å². The molecule has 1 heterocycles. The number of carbonyl (C=O) groups excluding carboxylic acids is 1. The summed E-state index contributed by atoms with van der Waals surface area (Å²) < 4.78 is 1.59. The summed E-state index contributed by atoms with van der Waals surface area (Å²) in [5.41, 5.74) is 5.53. The third-order valence-electron chi connectivity index (χ3n) is 5.22. The van der Waals surface area contributed by atoms with Gasteiger partial charge in [0.2, 0.25) is 0 Å². The number of tetrazole rings is 1. The van der Waals surface area contributed by atoms with Crippen molar-refractivity contribution in [1.82, 2.24) is 25.5 Å². The molecule has 1 atom stereocenters. The molecule has 1 aliphatic carbocycles. The molecule has 0 aliphatic heterocycles. The number of aryl methyl sites for hydroxylation is 3. The third-order valence-corrected chi connectivity index (χ3v) is 5.22. The van der Waals surface area contributed by atoms with Gasteiger partial charge in [-0.25, -0.2) is 9.48 Å². The highest BCUT2D eigenvalue weighted by molar-refractivity contribution is 5.90. The van der Waals surface area contributed by atoms with E-state index in [1.807, 2.05) is 31.2 Å². The number of hydrogen-bond acceptors (Lipinski definition) is 4. The Hall–Kier alpha value is -3.22. The van der Waals surface area contributed by atoms with E-state index in [0.29, 0.717) is 11.5 Å². The van der Waals surface area contributed by atoms with Crippen LogP contribution in [0.15, 0.2) is 42.5 Å². The first-order chi connectivity index (χ1) is 13.6. The fourth-order valence-electron chi connectivity index (χ4n) is 3.68. The van der Waals surface area contributed by atoms with Crippen LogP contribution in [-0.4, -0.2) is 26.2 Å². The SMILES string of the molecule is C[C@@H](NC(=O)Nc1cccc(-c2nnnn2C)c1)c1ccc2c(c1)CCCC2. The summed E-state index contributed by atoms with van der Waals surface area (Å²) in [7, 11) is 1.78. The average Bonchev–Trinajstić information content (AvgIpc) is 3.13. The van der Waals surface area contributed by atoms with Gasteiger partial charge >= 0.3 is 6.03 Å². The van der Waals surface area contributed by atoms with Gasteiger partial charge in [0.25, 0.3) is 0 Å². The fraction of sp³-hybridized carbons (Fsp3) is 0.333. The van der Waals surface area contributed by atoms with Crippen molar-refractivity contribution in [3.8, 4) is 11.4 Å². The van der Waals surface area contributed by atoms with Crippen molar-refractivity contribution in [2.45, 2.75) is 38.6 Å². The maximum absolute atomic E-state index is 12.5. The number of urea groups is 1. The van der Waals surface area contributed by atoms with E-state index in [4.69, 9.17) is 0 Å². The normalized spacial score (nSPS) is 14.2. The number of nitrogens with zero attached hydrogens (tertiary/aromatic N) is 4. The van der Waals surface area contributed by atoms with Crippen LogP contribution in [0.1, 0.15) is 42.5 Å². The maximum atomic E-state index is 12.5. The lowest BCUT2D eigenvalue weighted by molar-refractivity contribution is 0.249. The number of hydrogen-bond donors (Lipinski definition) is 2. The summed E-state index contributed by atoms with van der Waals surface area (Å²) in [4.78, 5) is 12.5. The smallest absolute Gasteiger partial charge is 0.319 e. The van der Waals surface area contributed by atoms with Gasteiger partial charge in [-0.2, -0.15) is 0 Å². The van der Waals surface area contributed by atoms with E-state index in [1.165, 1.54) is 24.0 Å². The molecule has 0 unspecified atom stereocenters. The first-order valence-corrected chi connectivity index (χ1v) is 9.62. The van der Waals surface area contributed by atoms with Crippen LogP contribution < -0.4 is 10.6 Å². The summed E-state index contributed by atoms with van der Waals surface area (Å²) in [5, 5.41) is 17.4. The molecule has 0 bridgehead atoms. The Bertz CT molecular complexity index is 996. The van der Waals surface area contributed by atoms with Crippen molar-refractivity contribution in [2.24, 2.45) is 7.05 Å². The Balaban J connectivity index is 1.42. The van der Waals surface area contributed by atoms with Gasteiger partial charge < -0.3 is 10.6 Å². The molecular weight excluding hydrogens is 352 g/mol. The second-order valence-electron chi connectivity index (χ2n) is 7.26. The van der Waals surface area contributed by atoms with E-state index >= 15 is 0 Å². The molecule has 0 saturated carbocycles. The van der Waals surface area contributed by atoms with Gasteiger partial charge in [-0.05, 0) is 71.9 Å². The van der Waals surface area contributed by atoms with Crippen LogP contribution in [0.2, 0.25) is 0 Å². The standard InChI is InChI=1S/C21H24N6O/c1-14(16-11-10-15-6-3-4-7-17(15)12-16)22-21(28)23-19-9-5-8-18(13-19)20-24-25-26-27(20)2/h5,8-14H,3-4,6-7H2,1-2H3,(H2,22,23,28)/t14-/m1/s1. The summed E-state index contributed by atoms with van der Waals surface area (Å²) in [5.74, 6) is 0.645. The molecular formula is C21H24N6O. The van der Waals surface area contributed by atoms with E-state index in [9.17, 15) is 4.79 Å². The largest absolute Gasteiger partial charge is 0.331 e. The van der Waals surface area contributed by atoms with Crippen LogP contribution in [0, 0.1) is 0 Å². The maximum Gasteiger partial charge on any atom is 0.319 e. The van der Waals surface area contributed by atoms with Crippen LogP contribution in [0.4, 0.5) is 10.5 Å². The first-order valence-electron chi connectivity index (χ1n) is 9.62. The molecule has 4 rings (SSSR count). The monoisotopic (exact) mass is 376 g/mol. The number of nitrogens with one attached hydrogen (secondary N) is 2. The molecule has 0 fully saturated rings. The number of rotatable bonds is 4. The highest BCUT2D eigenvalue weighted by atomic mass is 16.2.